The largest absolute Gasteiger partial charge is 0.465 e. The number of hydrogen-bond donors (Lipinski definition) is 1. The van der Waals surface area contributed by atoms with Crippen LogP contribution in [0.15, 0.2) is 30.3 Å². The van der Waals surface area contributed by atoms with Gasteiger partial charge in [-0.3, -0.25) is 10.1 Å². The summed E-state index contributed by atoms with van der Waals surface area (Å²) < 4.78 is 35.7. The Kier molecular flexibility index (Phi) is 9.75. The minimum atomic E-state index is -1.33. The van der Waals surface area contributed by atoms with Crippen LogP contribution in [-0.4, -0.2) is 31.1 Å². The Morgan fingerprint density at radius 2 is 1.58 bits per heavy atom. The van der Waals surface area contributed by atoms with E-state index in [1.165, 1.54) is 45.2 Å². The highest BCUT2D eigenvalue weighted by molar-refractivity contribution is 14.1. The first-order valence-electron chi connectivity index (χ1n) is 8.76. The van der Waals surface area contributed by atoms with Gasteiger partial charge in [0, 0.05) is 20.9 Å². The molecule has 2 aromatic carbocycles. The van der Waals surface area contributed by atoms with Crippen LogP contribution < -0.4 is 5.73 Å². The summed E-state index contributed by atoms with van der Waals surface area (Å²) in [5.74, 6) is -1.33. The Balaban J connectivity index is 0.000000311. The lowest BCUT2D eigenvalue weighted by Crippen LogP contribution is -2.07. The Bertz CT molecular complexity index is 982. The average Bonchev–Trinajstić information content (AvgIpc) is 2.73. The smallest absolute Gasteiger partial charge is 0.344 e. The molecule has 0 radical (unpaired) electrons. The molecule has 0 saturated heterocycles. The molecule has 0 bridgehead atoms. The second-order valence-electron chi connectivity index (χ2n) is 6.21. The van der Waals surface area contributed by atoms with Crippen LogP contribution in [0.5, 0.6) is 0 Å². The fourth-order valence-electron chi connectivity index (χ4n) is 2.43. The van der Waals surface area contributed by atoms with Crippen molar-refractivity contribution >= 4 is 45.9 Å². The first kappa shape index (κ1) is 26.2. The molecule has 0 amide bonds. The lowest BCUT2D eigenvalue weighted by molar-refractivity contribution is -0.385. The number of carbonyl (C=O) groups excluding carboxylic acids is 2. The first-order valence-corrected chi connectivity index (χ1v) is 9.84. The van der Waals surface area contributed by atoms with Crippen molar-refractivity contribution in [2.45, 2.75) is 26.2 Å². The van der Waals surface area contributed by atoms with E-state index in [9.17, 15) is 28.5 Å². The maximum atomic E-state index is 13.1. The molecule has 31 heavy (non-hydrogen) atoms. The van der Waals surface area contributed by atoms with Gasteiger partial charge in [-0.1, -0.05) is 6.07 Å². The van der Waals surface area contributed by atoms with Gasteiger partial charge in [0.2, 0.25) is 0 Å². The van der Waals surface area contributed by atoms with Crippen molar-refractivity contribution in [2.24, 2.45) is 0 Å². The van der Waals surface area contributed by atoms with Crippen molar-refractivity contribution < 1.29 is 32.8 Å². The van der Waals surface area contributed by atoms with Gasteiger partial charge in [-0.25, -0.2) is 18.4 Å². The zero-order valence-electron chi connectivity index (χ0n) is 17.1. The minimum absolute atomic E-state index is 0.152. The van der Waals surface area contributed by atoms with E-state index in [1.54, 1.807) is 0 Å². The molecule has 0 aliphatic heterocycles. The fraction of sp³-hybridized carbons (Fsp3) is 0.300. The highest BCUT2D eigenvalue weighted by atomic mass is 127. The normalized spacial score (nSPS) is 12.1. The van der Waals surface area contributed by atoms with Crippen molar-refractivity contribution in [3.8, 4) is 0 Å². The number of rotatable bonds is 5. The van der Waals surface area contributed by atoms with Gasteiger partial charge in [-0.05, 0) is 60.2 Å². The monoisotopic (exact) mass is 550 g/mol. The SMILES string of the molecule is COC(=O)c1cc(I)c(C(C)F)cc1N.COC(=O)c1ccc(C(C)F)cc1[N+](=O)[O-]. The van der Waals surface area contributed by atoms with Crippen molar-refractivity contribution in [3.63, 3.8) is 0 Å². The lowest BCUT2D eigenvalue weighted by Gasteiger charge is -2.10. The summed E-state index contributed by atoms with van der Waals surface area (Å²) in [6.45, 7) is 2.69. The van der Waals surface area contributed by atoms with Crippen LogP contribution in [0.3, 0.4) is 0 Å². The quantitative estimate of drug-likeness (QED) is 0.181. The topological polar surface area (TPSA) is 122 Å². The van der Waals surface area contributed by atoms with Crippen LogP contribution in [0.25, 0.3) is 0 Å². The Morgan fingerprint density at radius 3 is 2.03 bits per heavy atom. The number of carbonyl (C=O) groups is 2. The van der Waals surface area contributed by atoms with E-state index in [-0.39, 0.29) is 22.4 Å². The summed E-state index contributed by atoms with van der Waals surface area (Å²) in [5.41, 5.74) is 6.15. The van der Waals surface area contributed by atoms with E-state index in [4.69, 9.17) is 5.73 Å². The van der Waals surface area contributed by atoms with Gasteiger partial charge in [0.1, 0.15) is 17.9 Å². The summed E-state index contributed by atoms with van der Waals surface area (Å²) in [6, 6.07) is 6.56. The van der Waals surface area contributed by atoms with Gasteiger partial charge < -0.3 is 15.2 Å². The zero-order chi connectivity index (χ0) is 23.9. The van der Waals surface area contributed by atoms with E-state index in [1.807, 2.05) is 22.6 Å². The summed E-state index contributed by atoms with van der Waals surface area (Å²) in [7, 11) is 2.40. The number of nitrogen functional groups attached to an aromatic ring is 1. The van der Waals surface area contributed by atoms with E-state index in [2.05, 4.69) is 9.47 Å². The summed E-state index contributed by atoms with van der Waals surface area (Å²) >= 11 is 1.96. The molecule has 168 valence electrons. The molecule has 0 aliphatic carbocycles. The van der Waals surface area contributed by atoms with Crippen LogP contribution in [-0.2, 0) is 9.47 Å². The lowest BCUT2D eigenvalue weighted by atomic mass is 10.1. The van der Waals surface area contributed by atoms with E-state index < -0.39 is 34.9 Å². The number of nitro benzene ring substituents is 1. The third kappa shape index (κ3) is 6.84. The molecular weight excluding hydrogens is 529 g/mol. The highest BCUT2D eigenvalue weighted by Gasteiger charge is 2.22. The van der Waals surface area contributed by atoms with Crippen molar-refractivity contribution in [1.82, 2.24) is 0 Å². The van der Waals surface area contributed by atoms with Crippen LogP contribution in [0.4, 0.5) is 20.2 Å². The molecule has 2 aromatic rings. The number of alkyl halides is 2. The first-order chi connectivity index (χ1) is 14.4. The van der Waals surface area contributed by atoms with Gasteiger partial charge in [0.15, 0.2) is 0 Å². The number of esters is 2. The molecule has 0 fully saturated rings. The summed E-state index contributed by atoms with van der Waals surface area (Å²) in [6.07, 6.45) is -2.43. The summed E-state index contributed by atoms with van der Waals surface area (Å²) in [5, 5.41) is 10.7. The maximum absolute atomic E-state index is 13.1. The molecule has 11 heteroatoms. The zero-order valence-corrected chi connectivity index (χ0v) is 19.3. The molecule has 8 nitrogen and oxygen atoms in total. The number of benzene rings is 2. The predicted molar refractivity (Wildman–Crippen MR) is 118 cm³/mol. The fourth-order valence-corrected chi connectivity index (χ4v) is 3.33. The molecule has 0 saturated carbocycles. The van der Waals surface area contributed by atoms with Crippen molar-refractivity contribution in [3.05, 3.63) is 66.3 Å². The highest BCUT2D eigenvalue weighted by Crippen LogP contribution is 2.28. The number of nitrogens with zero attached hydrogens (tertiary/aromatic N) is 1. The van der Waals surface area contributed by atoms with Gasteiger partial charge in [-0.2, -0.15) is 0 Å². The second-order valence-corrected chi connectivity index (χ2v) is 7.37. The Hall–Kier alpha value is -2.83. The molecule has 0 aromatic heterocycles. The van der Waals surface area contributed by atoms with Gasteiger partial charge in [-0.15, -0.1) is 0 Å². The molecule has 2 N–H and O–H groups in total. The number of ether oxygens (including phenoxy) is 2. The van der Waals surface area contributed by atoms with E-state index in [0.29, 0.717) is 9.13 Å². The Labute approximate surface area is 191 Å². The predicted octanol–water partition coefficient (Wildman–Crippen LogP) is 5.10. The molecule has 2 rings (SSSR count). The number of halogens is 3. The second kappa shape index (κ2) is 11.5. The molecule has 0 aliphatic rings. The summed E-state index contributed by atoms with van der Waals surface area (Å²) in [4.78, 5) is 32.4. The minimum Gasteiger partial charge on any atom is -0.465 e. The number of nitrogens with two attached hydrogens (primary N) is 1. The number of nitro groups is 1. The molecule has 2 unspecified atom stereocenters. The van der Waals surface area contributed by atoms with Crippen LogP contribution in [0.2, 0.25) is 0 Å². The molecule has 2 atom stereocenters. The maximum Gasteiger partial charge on any atom is 0.344 e. The van der Waals surface area contributed by atoms with Crippen LogP contribution in [0.1, 0.15) is 58.0 Å². The molecular formula is C20H21F2IN2O6. The molecule has 0 heterocycles. The van der Waals surface area contributed by atoms with Crippen LogP contribution in [0, 0.1) is 13.7 Å². The standard InChI is InChI=1S/C10H11FINO2.C10H10FNO4/c1-5(11)6-4-9(13)7(3-8(6)12)10(14)15-2;1-6(11)7-3-4-8(10(13)16-2)9(5-7)12(14)15/h3-5H,13H2,1-2H3;3-6H,1-2H3. The van der Waals surface area contributed by atoms with Gasteiger partial charge >= 0.3 is 11.9 Å². The van der Waals surface area contributed by atoms with E-state index >= 15 is 0 Å². The number of anilines is 1. The van der Waals surface area contributed by atoms with E-state index in [0.717, 1.165) is 13.2 Å². The third-order valence-electron chi connectivity index (χ3n) is 4.09. The molecule has 0 spiro atoms. The van der Waals surface area contributed by atoms with Gasteiger partial charge in [0.25, 0.3) is 5.69 Å². The number of methoxy groups -OCH3 is 2. The third-order valence-corrected chi connectivity index (χ3v) is 5.02. The average molecular weight is 550 g/mol. The van der Waals surface area contributed by atoms with Crippen molar-refractivity contribution in [1.29, 1.82) is 0 Å². The number of hydrogen-bond acceptors (Lipinski definition) is 7. The Morgan fingerprint density at radius 1 is 1.03 bits per heavy atom. The van der Waals surface area contributed by atoms with Gasteiger partial charge in [0.05, 0.1) is 24.7 Å². The van der Waals surface area contributed by atoms with Crippen LogP contribution >= 0.6 is 22.6 Å². The van der Waals surface area contributed by atoms with Crippen molar-refractivity contribution in [2.75, 3.05) is 20.0 Å².